The Bertz CT molecular complexity index is 758. The third kappa shape index (κ3) is 8.77. The summed E-state index contributed by atoms with van der Waals surface area (Å²) in [4.78, 5) is 40.1. The molecule has 3 N–H and O–H groups in total. The number of carbonyl (C=O) groups excluding carboxylic acids is 3. The Morgan fingerprint density at radius 2 is 1.69 bits per heavy atom. The molecule has 3 amide bonds. The van der Waals surface area contributed by atoms with Crippen molar-refractivity contribution in [3.63, 3.8) is 0 Å². The zero-order valence-corrected chi connectivity index (χ0v) is 20.4. The molecule has 0 spiro atoms. The first kappa shape index (κ1) is 27.3. The minimum atomic E-state index is -0.905. The quantitative estimate of drug-likeness (QED) is 0.502. The minimum absolute atomic E-state index is 0.0547. The van der Waals surface area contributed by atoms with E-state index < -0.39 is 23.6 Å². The Balaban J connectivity index is 3.21. The lowest BCUT2D eigenvalue weighted by Crippen LogP contribution is -2.52. The van der Waals surface area contributed by atoms with E-state index in [0.29, 0.717) is 12.0 Å². The van der Waals surface area contributed by atoms with Crippen molar-refractivity contribution < 1.29 is 24.2 Å². The lowest BCUT2D eigenvalue weighted by Gasteiger charge is -2.36. The van der Waals surface area contributed by atoms with E-state index in [9.17, 15) is 19.5 Å². The molecule has 0 saturated heterocycles. The first-order valence-electron chi connectivity index (χ1n) is 11.3. The van der Waals surface area contributed by atoms with Gasteiger partial charge in [0.25, 0.3) is 0 Å². The number of carbonyl (C=O) groups is 3. The van der Waals surface area contributed by atoms with E-state index in [2.05, 4.69) is 10.6 Å². The summed E-state index contributed by atoms with van der Waals surface area (Å²) >= 11 is 0. The molecule has 8 heteroatoms. The molecule has 1 rings (SSSR count). The lowest BCUT2D eigenvalue weighted by molar-refractivity contribution is -0.143. The number of aromatic hydroxyl groups is 1. The fraction of sp³-hybridized carbons (Fsp3) is 0.625. The van der Waals surface area contributed by atoms with Crippen molar-refractivity contribution in [1.82, 2.24) is 15.5 Å². The smallest absolute Gasteiger partial charge is 0.408 e. The maximum atomic E-state index is 13.3. The van der Waals surface area contributed by atoms with Gasteiger partial charge in [0.15, 0.2) is 0 Å². The summed E-state index contributed by atoms with van der Waals surface area (Å²) in [5, 5.41) is 15.2. The predicted molar refractivity (Wildman–Crippen MR) is 124 cm³/mol. The van der Waals surface area contributed by atoms with Crippen LogP contribution in [0.1, 0.15) is 79.3 Å². The molecular weight excluding hydrogens is 410 g/mol. The van der Waals surface area contributed by atoms with E-state index in [1.165, 1.54) is 17.0 Å². The molecule has 3 unspecified atom stereocenters. The van der Waals surface area contributed by atoms with Gasteiger partial charge in [0.1, 0.15) is 23.9 Å². The van der Waals surface area contributed by atoms with Gasteiger partial charge in [0.05, 0.1) is 0 Å². The maximum Gasteiger partial charge on any atom is 0.408 e. The third-order valence-corrected chi connectivity index (χ3v) is 4.98. The largest absolute Gasteiger partial charge is 0.508 e. The zero-order valence-electron chi connectivity index (χ0n) is 20.4. The van der Waals surface area contributed by atoms with Crippen LogP contribution in [0, 0.1) is 0 Å². The van der Waals surface area contributed by atoms with Gasteiger partial charge in [-0.3, -0.25) is 9.59 Å². The Kier molecular flexibility index (Phi) is 10.5. The molecule has 1 aromatic rings. The number of rotatable bonds is 10. The van der Waals surface area contributed by atoms with Gasteiger partial charge >= 0.3 is 6.09 Å². The fourth-order valence-corrected chi connectivity index (χ4v) is 3.32. The highest BCUT2D eigenvalue weighted by Gasteiger charge is 2.35. The Hall–Kier alpha value is -2.77. The van der Waals surface area contributed by atoms with E-state index in [1.807, 2.05) is 27.7 Å². The molecular formula is C24H39N3O5. The van der Waals surface area contributed by atoms with Crippen LogP contribution in [-0.2, 0) is 14.3 Å². The summed E-state index contributed by atoms with van der Waals surface area (Å²) in [6.45, 7) is 12.7. The van der Waals surface area contributed by atoms with E-state index >= 15 is 0 Å². The maximum absolute atomic E-state index is 13.3. The summed E-state index contributed by atoms with van der Waals surface area (Å²) in [5.41, 5.74) is -0.108. The number of phenols is 1. The predicted octanol–water partition coefficient (Wildman–Crippen LogP) is 3.89. The summed E-state index contributed by atoms with van der Waals surface area (Å²) < 4.78 is 5.21. The first-order chi connectivity index (χ1) is 14.9. The van der Waals surface area contributed by atoms with E-state index in [-0.39, 0.29) is 30.3 Å². The van der Waals surface area contributed by atoms with Crippen molar-refractivity contribution in [3.05, 3.63) is 29.8 Å². The van der Waals surface area contributed by atoms with Crippen molar-refractivity contribution in [2.45, 2.75) is 91.5 Å². The highest BCUT2D eigenvalue weighted by atomic mass is 16.6. The van der Waals surface area contributed by atoms with Crippen molar-refractivity contribution in [3.8, 4) is 5.75 Å². The molecule has 8 nitrogen and oxygen atoms in total. The van der Waals surface area contributed by atoms with Crippen LogP contribution < -0.4 is 10.6 Å². The molecule has 0 aromatic heterocycles. The first-order valence-corrected chi connectivity index (χ1v) is 11.3. The van der Waals surface area contributed by atoms with Gasteiger partial charge in [-0.15, -0.1) is 0 Å². The van der Waals surface area contributed by atoms with Gasteiger partial charge in [-0.1, -0.05) is 32.4 Å². The summed E-state index contributed by atoms with van der Waals surface area (Å²) in [5.74, 6) is -0.635. The Morgan fingerprint density at radius 3 is 2.19 bits per heavy atom. The van der Waals surface area contributed by atoms with Crippen LogP contribution in [-0.4, -0.2) is 52.1 Å². The van der Waals surface area contributed by atoms with Gasteiger partial charge in [-0.2, -0.15) is 0 Å². The second-order valence-corrected chi connectivity index (χ2v) is 9.11. The van der Waals surface area contributed by atoms with Crippen LogP contribution in [0.25, 0.3) is 0 Å². The topological polar surface area (TPSA) is 108 Å². The molecule has 0 saturated carbocycles. The number of nitrogens with zero attached hydrogens (tertiary/aromatic N) is 1. The summed E-state index contributed by atoms with van der Waals surface area (Å²) in [6.07, 6.45) is 1.65. The lowest BCUT2D eigenvalue weighted by atomic mass is 10.0. The van der Waals surface area contributed by atoms with Gasteiger partial charge < -0.3 is 25.4 Å². The second kappa shape index (κ2) is 12.3. The number of phenolic OH excluding ortho intramolecular Hbond substituents is 1. The number of ether oxygens (including phenoxy) is 1. The summed E-state index contributed by atoms with van der Waals surface area (Å²) in [6, 6.07) is 5.02. The van der Waals surface area contributed by atoms with Gasteiger partial charge in [0.2, 0.25) is 11.8 Å². The number of nitrogens with one attached hydrogen (secondary N) is 2. The van der Waals surface area contributed by atoms with Crippen LogP contribution >= 0.6 is 0 Å². The molecule has 0 aliphatic heterocycles. The molecule has 0 aliphatic carbocycles. The molecule has 0 fully saturated rings. The number of benzene rings is 1. The van der Waals surface area contributed by atoms with Gasteiger partial charge in [-0.25, -0.2) is 4.79 Å². The molecule has 32 heavy (non-hydrogen) atoms. The molecule has 0 radical (unpaired) electrons. The zero-order chi connectivity index (χ0) is 24.5. The Morgan fingerprint density at radius 1 is 1.09 bits per heavy atom. The van der Waals surface area contributed by atoms with Gasteiger partial charge in [-0.05, 0) is 65.2 Å². The molecule has 0 bridgehead atoms. The van der Waals surface area contributed by atoms with E-state index in [4.69, 9.17) is 4.74 Å². The van der Waals surface area contributed by atoms with Crippen LogP contribution in [0.3, 0.4) is 0 Å². The molecule has 180 valence electrons. The van der Waals surface area contributed by atoms with Crippen molar-refractivity contribution in [1.29, 1.82) is 0 Å². The number of alkyl carbamates (subject to hydrolysis) is 1. The molecule has 3 atom stereocenters. The minimum Gasteiger partial charge on any atom is -0.508 e. The van der Waals surface area contributed by atoms with Crippen LogP contribution in [0.5, 0.6) is 5.75 Å². The molecule has 0 aliphatic rings. The van der Waals surface area contributed by atoms with Crippen LogP contribution in [0.4, 0.5) is 4.79 Å². The van der Waals surface area contributed by atoms with Crippen LogP contribution in [0.2, 0.25) is 0 Å². The molecule has 1 aromatic carbocycles. The average molecular weight is 450 g/mol. The monoisotopic (exact) mass is 449 g/mol. The van der Waals surface area contributed by atoms with E-state index in [0.717, 1.165) is 12.8 Å². The van der Waals surface area contributed by atoms with Crippen LogP contribution in [0.15, 0.2) is 24.3 Å². The highest BCUT2D eigenvalue weighted by Crippen LogP contribution is 2.27. The fourth-order valence-electron chi connectivity index (χ4n) is 3.32. The average Bonchev–Trinajstić information content (AvgIpc) is 2.69. The normalized spacial score (nSPS) is 14.1. The number of hydrogen-bond acceptors (Lipinski definition) is 5. The van der Waals surface area contributed by atoms with Crippen molar-refractivity contribution in [2.24, 2.45) is 0 Å². The number of amides is 3. The standard InChI is InChI=1S/C24H39N3O5/c1-8-10-16(3)26-22(30)21(18-11-13-19(28)14-12-18)27(17(4)9-2)20(29)15-25-23(31)32-24(5,6)7/h11-14,16-17,21,28H,8-10,15H2,1-7H3,(H,25,31)(H,26,30). The second-order valence-electron chi connectivity index (χ2n) is 9.11. The Labute approximate surface area is 191 Å². The highest BCUT2D eigenvalue weighted by molar-refractivity contribution is 5.90. The van der Waals surface area contributed by atoms with Crippen molar-refractivity contribution >= 4 is 17.9 Å². The van der Waals surface area contributed by atoms with Crippen molar-refractivity contribution in [2.75, 3.05) is 6.54 Å². The number of hydrogen-bond donors (Lipinski definition) is 3. The van der Waals surface area contributed by atoms with E-state index in [1.54, 1.807) is 32.9 Å². The van der Waals surface area contributed by atoms with Gasteiger partial charge in [0, 0.05) is 12.1 Å². The molecule has 0 heterocycles. The summed E-state index contributed by atoms with van der Waals surface area (Å²) in [7, 11) is 0. The third-order valence-electron chi connectivity index (χ3n) is 4.98. The SMILES string of the molecule is CCCC(C)NC(=O)C(c1ccc(O)cc1)N(C(=O)CNC(=O)OC(C)(C)C)C(C)CC.